The van der Waals surface area contributed by atoms with Gasteiger partial charge in [0.2, 0.25) is 0 Å². The Morgan fingerprint density at radius 3 is 2.79 bits per heavy atom. The van der Waals surface area contributed by atoms with E-state index in [1.807, 2.05) is 23.9 Å². The monoisotopic (exact) mass is 360 g/mol. The van der Waals surface area contributed by atoms with E-state index in [1.54, 1.807) is 0 Å². The maximum Gasteiger partial charge on any atom is 0.135 e. The van der Waals surface area contributed by atoms with Crippen LogP contribution in [-0.4, -0.2) is 41.8 Å². The first kappa shape index (κ1) is 18.9. The van der Waals surface area contributed by atoms with Crippen LogP contribution in [0.5, 0.6) is 0 Å². The van der Waals surface area contributed by atoms with E-state index in [0.717, 1.165) is 30.9 Å². The molecule has 0 amide bonds. The summed E-state index contributed by atoms with van der Waals surface area (Å²) in [5, 5.41) is 1.86. The number of ether oxygens (including phenoxy) is 1. The summed E-state index contributed by atoms with van der Waals surface area (Å²) in [4.78, 5) is 0. The number of hydrogen-bond acceptors (Lipinski definition) is 6. The van der Waals surface area contributed by atoms with Gasteiger partial charge in [-0.3, -0.25) is 5.84 Å². The van der Waals surface area contributed by atoms with Crippen LogP contribution in [0.4, 0.5) is 4.39 Å². The Hall–Kier alpha value is 0.0800. The molecular weight excluding hydrogens is 327 g/mol. The van der Waals surface area contributed by atoms with Crippen LogP contribution in [0.1, 0.15) is 51.9 Å². The maximum absolute atomic E-state index is 13.7. The number of nitrogens with one attached hydrogen (secondary N) is 2. The quantitative estimate of drug-likeness (QED) is 0.655. The molecule has 3 fully saturated rings. The lowest BCUT2D eigenvalue weighted by Crippen LogP contribution is -2.49. The highest BCUT2D eigenvalue weighted by Crippen LogP contribution is 2.36. The third kappa shape index (κ3) is 4.43. The summed E-state index contributed by atoms with van der Waals surface area (Å²) < 4.78 is 19.4. The topological polar surface area (TPSA) is 62.5 Å². The number of methoxy groups -OCH3 is 1. The summed E-state index contributed by atoms with van der Waals surface area (Å²) in [6.07, 6.45) is 6.73. The summed E-state index contributed by atoms with van der Waals surface area (Å²) in [5.74, 6) is 9.04. The van der Waals surface area contributed by atoms with Gasteiger partial charge in [0.25, 0.3) is 0 Å². The van der Waals surface area contributed by atoms with Gasteiger partial charge in [0.05, 0.1) is 12.3 Å². The second-order valence-corrected chi connectivity index (χ2v) is 8.96. The van der Waals surface area contributed by atoms with Crippen molar-refractivity contribution in [1.29, 1.82) is 0 Å². The fraction of sp³-hybridized carbons (Fsp3) is 1.00. The van der Waals surface area contributed by atoms with E-state index in [9.17, 15) is 4.39 Å². The van der Waals surface area contributed by atoms with Crippen molar-refractivity contribution < 1.29 is 9.13 Å². The molecule has 1 heterocycles. The van der Waals surface area contributed by atoms with E-state index >= 15 is 0 Å². The summed E-state index contributed by atoms with van der Waals surface area (Å²) in [6.45, 7) is 2.33. The number of hydrazine groups is 2. The summed E-state index contributed by atoms with van der Waals surface area (Å²) in [6, 6.07) is 0. The Morgan fingerprint density at radius 2 is 2.04 bits per heavy atom. The van der Waals surface area contributed by atoms with E-state index in [2.05, 4.69) is 17.8 Å². The van der Waals surface area contributed by atoms with Crippen LogP contribution < -0.4 is 16.7 Å². The highest BCUT2D eigenvalue weighted by atomic mass is 32.2. The number of nitrogens with two attached hydrogens (primary N) is 1. The molecule has 7 atom stereocenters. The van der Waals surface area contributed by atoms with Gasteiger partial charge in [0.15, 0.2) is 0 Å². The lowest BCUT2D eigenvalue weighted by atomic mass is 9.81. The first-order chi connectivity index (χ1) is 11.6. The molecule has 5 nitrogen and oxygen atoms in total. The Morgan fingerprint density at radius 1 is 1.21 bits per heavy atom. The van der Waals surface area contributed by atoms with Gasteiger partial charge >= 0.3 is 0 Å². The normalized spacial score (nSPS) is 44.8. The predicted molar refractivity (Wildman–Crippen MR) is 96.5 cm³/mol. The molecule has 3 aliphatic rings. The third-order valence-corrected chi connectivity index (χ3v) is 7.29. The van der Waals surface area contributed by atoms with Crippen LogP contribution in [0.25, 0.3) is 0 Å². The van der Waals surface area contributed by atoms with Crippen molar-refractivity contribution in [2.24, 2.45) is 23.6 Å². The van der Waals surface area contributed by atoms with Gasteiger partial charge in [-0.1, -0.05) is 13.3 Å². The largest absolute Gasteiger partial charge is 0.381 e. The van der Waals surface area contributed by atoms with E-state index in [1.165, 1.54) is 12.8 Å². The van der Waals surface area contributed by atoms with Crippen LogP contribution in [-0.2, 0) is 4.74 Å². The fourth-order valence-corrected chi connectivity index (χ4v) is 5.80. The van der Waals surface area contributed by atoms with Crippen molar-refractivity contribution in [2.75, 3.05) is 12.9 Å². The molecule has 2 saturated carbocycles. The molecule has 0 bridgehead atoms. The molecule has 2 aliphatic carbocycles. The predicted octanol–water partition coefficient (Wildman–Crippen LogP) is 2.59. The number of rotatable bonds is 5. The number of halogens is 1. The standard InChI is InChI=1S/C17H33FN4OS/c1-11-6-7-15(23-2)13(8-11)10-24-17-21-20-16(22(17)19)12-4-3-5-14(18)9-12/h11-17,20-21H,3-10,19H2,1-2H3. The van der Waals surface area contributed by atoms with Crippen LogP contribution in [0.2, 0.25) is 0 Å². The Kier molecular flexibility index (Phi) is 6.79. The average molecular weight is 361 g/mol. The van der Waals surface area contributed by atoms with Crippen molar-refractivity contribution >= 4 is 11.8 Å². The van der Waals surface area contributed by atoms with Gasteiger partial charge < -0.3 is 4.74 Å². The molecule has 0 radical (unpaired) electrons. The fourth-order valence-electron chi connectivity index (χ4n) is 4.56. The van der Waals surface area contributed by atoms with Gasteiger partial charge in [-0.2, -0.15) is 0 Å². The maximum atomic E-state index is 13.7. The van der Waals surface area contributed by atoms with Crippen molar-refractivity contribution in [3.05, 3.63) is 0 Å². The van der Waals surface area contributed by atoms with Gasteiger partial charge in [0.1, 0.15) is 11.7 Å². The smallest absolute Gasteiger partial charge is 0.135 e. The molecule has 7 heteroatoms. The van der Waals surface area contributed by atoms with Gasteiger partial charge in [-0.25, -0.2) is 20.3 Å². The zero-order chi connectivity index (χ0) is 17.1. The molecule has 1 saturated heterocycles. The van der Waals surface area contributed by atoms with Crippen LogP contribution >= 0.6 is 11.8 Å². The summed E-state index contributed by atoms with van der Waals surface area (Å²) >= 11 is 1.84. The second kappa shape index (κ2) is 8.64. The summed E-state index contributed by atoms with van der Waals surface area (Å²) in [7, 11) is 1.83. The van der Waals surface area contributed by atoms with Gasteiger partial charge in [-0.05, 0) is 56.3 Å². The van der Waals surface area contributed by atoms with Crippen molar-refractivity contribution in [1.82, 2.24) is 15.9 Å². The average Bonchev–Trinajstić information content (AvgIpc) is 2.94. The van der Waals surface area contributed by atoms with E-state index in [0.29, 0.717) is 30.8 Å². The van der Waals surface area contributed by atoms with E-state index < -0.39 is 6.17 Å². The zero-order valence-electron chi connectivity index (χ0n) is 14.9. The highest BCUT2D eigenvalue weighted by Gasteiger charge is 2.39. The SMILES string of the molecule is COC1CCC(C)CC1CSC1NNC(C2CCCC(F)C2)N1N. The first-order valence-electron chi connectivity index (χ1n) is 9.41. The minimum Gasteiger partial charge on any atom is -0.381 e. The molecular formula is C17H33FN4OS. The lowest BCUT2D eigenvalue weighted by Gasteiger charge is -2.35. The Labute approximate surface area is 149 Å². The molecule has 140 valence electrons. The van der Waals surface area contributed by atoms with Crippen molar-refractivity contribution in [2.45, 2.75) is 75.8 Å². The van der Waals surface area contributed by atoms with Gasteiger partial charge in [-0.15, -0.1) is 11.8 Å². The van der Waals surface area contributed by atoms with Crippen LogP contribution in [0, 0.1) is 17.8 Å². The summed E-state index contributed by atoms with van der Waals surface area (Å²) in [5.41, 5.74) is 6.65. The minimum absolute atomic E-state index is 0.0320. The molecule has 1 aliphatic heterocycles. The minimum atomic E-state index is -0.670. The van der Waals surface area contributed by atoms with E-state index in [4.69, 9.17) is 10.6 Å². The van der Waals surface area contributed by atoms with Crippen LogP contribution in [0.15, 0.2) is 0 Å². The highest BCUT2D eigenvalue weighted by molar-refractivity contribution is 7.99. The number of alkyl halides is 1. The van der Waals surface area contributed by atoms with Crippen molar-refractivity contribution in [3.63, 3.8) is 0 Å². The number of hydrogen-bond donors (Lipinski definition) is 3. The Balaban J connectivity index is 1.49. The molecule has 4 N–H and O–H groups in total. The third-order valence-electron chi connectivity index (χ3n) is 5.99. The number of thioether (sulfide) groups is 1. The molecule has 0 aromatic rings. The van der Waals surface area contributed by atoms with Crippen LogP contribution in [0.3, 0.4) is 0 Å². The van der Waals surface area contributed by atoms with E-state index in [-0.39, 0.29) is 11.7 Å². The molecule has 3 rings (SSSR count). The molecule has 24 heavy (non-hydrogen) atoms. The van der Waals surface area contributed by atoms with Gasteiger partial charge in [0, 0.05) is 12.9 Å². The second-order valence-electron chi connectivity index (χ2n) is 7.84. The molecule has 0 aromatic carbocycles. The molecule has 0 spiro atoms. The first-order valence-corrected chi connectivity index (χ1v) is 10.5. The Bertz CT molecular complexity index is 405. The molecule has 7 unspecified atom stereocenters. The zero-order valence-corrected chi connectivity index (χ0v) is 15.7. The lowest BCUT2D eigenvalue weighted by molar-refractivity contribution is 0.0197. The number of nitrogens with zero attached hydrogens (tertiary/aromatic N) is 1. The van der Waals surface area contributed by atoms with Crippen molar-refractivity contribution in [3.8, 4) is 0 Å². The molecule has 0 aromatic heterocycles.